The minimum Gasteiger partial charge on any atom is -0.444 e. The fourth-order valence-corrected chi connectivity index (χ4v) is 9.70. The minimum atomic E-state index is -0.799. The zero-order valence-corrected chi connectivity index (χ0v) is 42.1. The summed E-state index contributed by atoms with van der Waals surface area (Å²) < 4.78 is 15.7. The molecule has 4 aliphatic rings. The molecule has 358 valence electrons. The van der Waals surface area contributed by atoms with Crippen molar-refractivity contribution in [2.24, 2.45) is 45.9 Å². The first kappa shape index (κ1) is 53.9. The highest BCUT2D eigenvalue weighted by molar-refractivity contribution is 6.01. The highest BCUT2D eigenvalue weighted by atomic mass is 16.6. The number of hydrogen-bond acceptors (Lipinski definition) is 8. The van der Waals surface area contributed by atoms with E-state index < -0.39 is 41.1 Å². The Labute approximate surface area is 386 Å². The number of nitrogens with one attached hydrogen (secondary N) is 3. The number of carbonyl (C=O) groups is 4. The summed E-state index contributed by atoms with van der Waals surface area (Å²) in [6.07, 6.45) is 7.88. The Bertz CT molecular complexity index is 1700. The third kappa shape index (κ3) is 19.0. The van der Waals surface area contributed by atoms with Gasteiger partial charge in [-0.15, -0.1) is 0 Å². The summed E-state index contributed by atoms with van der Waals surface area (Å²) >= 11 is 0. The van der Waals surface area contributed by atoms with Crippen LogP contribution in [0.2, 0.25) is 0 Å². The van der Waals surface area contributed by atoms with Crippen molar-refractivity contribution in [3.8, 4) is 0 Å². The van der Waals surface area contributed by atoms with Gasteiger partial charge in [-0.3, -0.25) is 20.4 Å². The lowest BCUT2D eigenvalue weighted by Gasteiger charge is -2.58. The second kappa shape index (κ2) is 23.7. The van der Waals surface area contributed by atoms with Crippen LogP contribution < -0.4 is 16.0 Å². The average Bonchev–Trinajstić information content (AvgIpc) is 3.14. The Hall–Kier alpha value is -4.41. The van der Waals surface area contributed by atoms with E-state index in [1.165, 1.54) is 11.1 Å². The first-order valence-corrected chi connectivity index (χ1v) is 23.8. The minimum absolute atomic E-state index is 0.138. The van der Waals surface area contributed by atoms with E-state index in [0.717, 1.165) is 29.1 Å². The Morgan fingerprint density at radius 2 is 1.02 bits per heavy atom. The van der Waals surface area contributed by atoms with E-state index in [9.17, 15) is 19.2 Å². The number of alkyl carbamates (subject to hydrolysis) is 3. The van der Waals surface area contributed by atoms with Gasteiger partial charge in [-0.05, 0) is 160 Å². The number of rotatable bonds is 11. The molecule has 3 amide bonds. The predicted octanol–water partition coefficient (Wildman–Crippen LogP) is 12.6. The van der Waals surface area contributed by atoms with Gasteiger partial charge < -0.3 is 19.5 Å². The van der Waals surface area contributed by atoms with Crippen LogP contribution in [0.15, 0.2) is 65.7 Å². The van der Waals surface area contributed by atoms with E-state index in [1.54, 1.807) is 115 Å². The molecule has 11 heteroatoms. The molecule has 4 saturated carbocycles. The summed E-state index contributed by atoms with van der Waals surface area (Å²) in [7, 11) is 0. The van der Waals surface area contributed by atoms with Gasteiger partial charge in [-0.1, -0.05) is 102 Å². The Morgan fingerprint density at radius 1 is 0.625 bits per heavy atom. The molecule has 4 bridgehead atoms. The van der Waals surface area contributed by atoms with Crippen molar-refractivity contribution in [3.05, 3.63) is 71.8 Å². The molecule has 0 spiro atoms. The number of guanidine groups is 1. The third-order valence-electron chi connectivity index (χ3n) is 12.1. The van der Waals surface area contributed by atoms with Crippen LogP contribution >= 0.6 is 0 Å². The largest absolute Gasteiger partial charge is 0.444 e. The number of Topliss-reactive ketones (excluding diaryl/α,β-unsaturated/α-hetero) is 1. The number of benzene rings is 2. The quantitative estimate of drug-likeness (QED) is 0.0881. The molecule has 11 nitrogen and oxygen atoms in total. The molecule has 3 N–H and O–H groups in total. The van der Waals surface area contributed by atoms with Crippen molar-refractivity contribution in [1.82, 2.24) is 16.0 Å². The predicted molar refractivity (Wildman–Crippen MR) is 258 cm³/mol. The number of amides is 3. The van der Waals surface area contributed by atoms with Gasteiger partial charge in [0.2, 0.25) is 5.96 Å². The molecule has 2 aromatic rings. The van der Waals surface area contributed by atoms with Crippen LogP contribution in [-0.2, 0) is 19.0 Å². The molecule has 0 aromatic heterocycles. The Balaban J connectivity index is 0.000000300. The number of aliphatic imine (C=N–C) groups is 1. The van der Waals surface area contributed by atoms with E-state index in [1.807, 2.05) is 0 Å². The molecule has 4 aliphatic carbocycles. The monoisotopic (exact) mass is 889 g/mol. The molecular weight excluding hydrogens is 805 g/mol. The van der Waals surface area contributed by atoms with E-state index in [-0.39, 0.29) is 30.6 Å². The molecule has 64 heavy (non-hydrogen) atoms. The van der Waals surface area contributed by atoms with Gasteiger partial charge in [0.25, 0.3) is 0 Å². The molecule has 1 unspecified atom stereocenters. The van der Waals surface area contributed by atoms with Gasteiger partial charge in [0.05, 0.1) is 6.04 Å². The molecule has 6 rings (SSSR count). The van der Waals surface area contributed by atoms with Crippen LogP contribution in [0, 0.1) is 40.9 Å². The second-order valence-electron chi connectivity index (χ2n) is 22.4. The first-order valence-electron chi connectivity index (χ1n) is 23.8. The van der Waals surface area contributed by atoms with E-state index >= 15 is 0 Å². The summed E-state index contributed by atoms with van der Waals surface area (Å²) in [4.78, 5) is 53.3. The molecule has 2 aromatic carbocycles. The van der Waals surface area contributed by atoms with Crippen LogP contribution in [0.25, 0.3) is 0 Å². The summed E-state index contributed by atoms with van der Waals surface area (Å²) in [5.74, 6) is 4.87. The number of hydrogen-bond donors (Lipinski definition) is 3. The van der Waals surface area contributed by atoms with Crippen molar-refractivity contribution >= 4 is 30.0 Å². The van der Waals surface area contributed by atoms with E-state index in [0.29, 0.717) is 18.3 Å². The fourth-order valence-electron chi connectivity index (χ4n) is 9.70. The smallest absolute Gasteiger partial charge is 0.414 e. The number of ketones is 1. The summed E-state index contributed by atoms with van der Waals surface area (Å²) in [6, 6.07) is 20.7. The fraction of sp³-hybridized carbons (Fsp3) is 0.679. The van der Waals surface area contributed by atoms with Crippen LogP contribution in [0.5, 0.6) is 0 Å². The normalized spacial score (nSPS) is 20.6. The molecular formula is C53H84N4O7. The maximum Gasteiger partial charge on any atom is 0.414 e. The summed E-state index contributed by atoms with van der Waals surface area (Å²) in [5, 5.41) is 7.42. The molecule has 0 saturated heterocycles. The highest BCUT2D eigenvalue weighted by Crippen LogP contribution is 2.62. The van der Waals surface area contributed by atoms with Crippen LogP contribution in [0.3, 0.4) is 0 Å². The van der Waals surface area contributed by atoms with Gasteiger partial charge in [0.1, 0.15) is 16.8 Å². The number of carbonyl (C=O) groups excluding carboxylic acids is 4. The van der Waals surface area contributed by atoms with Crippen molar-refractivity contribution in [3.63, 3.8) is 0 Å². The second-order valence-corrected chi connectivity index (χ2v) is 22.4. The number of ether oxygens (including phenoxy) is 3. The maximum absolute atomic E-state index is 12.6. The first-order chi connectivity index (χ1) is 29.6. The molecule has 0 aliphatic heterocycles. The molecule has 1 atom stereocenters. The Morgan fingerprint density at radius 3 is 1.36 bits per heavy atom. The Kier molecular flexibility index (Phi) is 20.0. The topological polar surface area (TPSA) is 144 Å². The lowest BCUT2D eigenvalue weighted by Crippen LogP contribution is -2.48. The van der Waals surface area contributed by atoms with Crippen molar-refractivity contribution < 1.29 is 33.4 Å². The van der Waals surface area contributed by atoms with Gasteiger partial charge in [0, 0.05) is 18.4 Å². The van der Waals surface area contributed by atoms with Crippen LogP contribution in [0.4, 0.5) is 14.4 Å². The standard InChI is InChI=1S/C24H44N4O7.C16H18.C13H22/c1-15(2)17(29)16(26-19(30)33-22(3,4)5)13-12-14-25-18(27-20(31)34-23(6,7)8)28-21(32)35-24(9,10)11;1-13(2)16(14-9-5-3-6-10-14)15-11-7-4-8-12-15;1-9(2)13-6-10-3-11(7-13)5-12(4-10)8-13/h15-16H,12-14H2,1-11H3,(H,26,30)(H2,25,27,28,31,32);3-13,16H,1-2H3;9-12H,3-8H2,1-2H3. The van der Waals surface area contributed by atoms with E-state index in [2.05, 4.69) is 109 Å². The third-order valence-corrected chi connectivity index (χ3v) is 12.1. The zero-order chi connectivity index (χ0) is 48.0. The van der Waals surface area contributed by atoms with Gasteiger partial charge in [0.15, 0.2) is 5.78 Å². The molecule has 0 heterocycles. The van der Waals surface area contributed by atoms with Gasteiger partial charge >= 0.3 is 18.3 Å². The lowest BCUT2D eigenvalue weighted by atomic mass is 9.47. The zero-order valence-electron chi connectivity index (χ0n) is 42.1. The van der Waals surface area contributed by atoms with Crippen molar-refractivity contribution in [2.75, 3.05) is 6.54 Å². The molecule has 4 fully saturated rings. The van der Waals surface area contributed by atoms with Gasteiger partial charge in [-0.2, -0.15) is 0 Å². The van der Waals surface area contributed by atoms with Crippen LogP contribution in [-0.4, -0.2) is 59.4 Å². The van der Waals surface area contributed by atoms with E-state index in [4.69, 9.17) is 14.2 Å². The lowest BCUT2D eigenvalue weighted by molar-refractivity contribution is -0.124. The highest BCUT2D eigenvalue weighted by Gasteiger charge is 2.51. The SMILES string of the molecule is CC(C)C(=O)C(CCCN=C(NC(=O)OC(C)(C)C)NC(=O)OC(C)(C)C)NC(=O)OC(C)(C)C.CC(C)C(c1ccccc1)c1ccccc1.CC(C)C12CC3CC(CC(C3)C1)C2. The maximum atomic E-state index is 12.6. The van der Waals surface area contributed by atoms with Gasteiger partial charge in [-0.25, -0.2) is 14.4 Å². The van der Waals surface area contributed by atoms with Crippen molar-refractivity contribution in [2.45, 2.75) is 184 Å². The average molecular weight is 889 g/mol. The summed E-state index contributed by atoms with van der Waals surface area (Å²) in [6.45, 7) is 28.5. The van der Waals surface area contributed by atoms with Crippen molar-refractivity contribution in [1.29, 1.82) is 0 Å². The number of nitrogens with zero attached hydrogens (tertiary/aromatic N) is 1. The van der Waals surface area contributed by atoms with Crippen LogP contribution in [0.1, 0.15) is 172 Å². The summed E-state index contributed by atoms with van der Waals surface area (Å²) in [5.41, 5.74) is 1.41. The molecule has 0 radical (unpaired) electrons.